The van der Waals surface area contributed by atoms with Crippen LogP contribution in [-0.4, -0.2) is 38.9 Å². The Bertz CT molecular complexity index is 388. The van der Waals surface area contributed by atoms with Crippen molar-refractivity contribution in [2.75, 3.05) is 13.2 Å². The van der Waals surface area contributed by atoms with Crippen LogP contribution in [-0.2, 0) is 18.4 Å². The molecule has 102 valence electrons. The predicted molar refractivity (Wildman–Crippen MR) is 51.7 cm³/mol. The van der Waals surface area contributed by atoms with E-state index in [0.717, 1.165) is 0 Å². The van der Waals surface area contributed by atoms with E-state index in [1.54, 1.807) is 6.92 Å². The Hall–Kier alpha value is 0.120. The van der Waals surface area contributed by atoms with Crippen molar-refractivity contribution in [2.24, 2.45) is 0 Å². The lowest BCUT2D eigenvalue weighted by atomic mass is 10.1. The molecule has 1 saturated heterocycles. The van der Waals surface area contributed by atoms with E-state index in [4.69, 9.17) is 19.4 Å². The van der Waals surface area contributed by atoms with Crippen molar-refractivity contribution in [1.82, 2.24) is 0 Å². The smallest absolute Gasteiger partial charge is 0.370 e. The number of halogens is 2. The van der Waals surface area contributed by atoms with Gasteiger partial charge in [-0.1, -0.05) is 0 Å². The van der Waals surface area contributed by atoms with E-state index in [-0.39, 0.29) is 6.42 Å². The predicted octanol–water partition coefficient (Wildman–Crippen LogP) is 1.10. The van der Waals surface area contributed by atoms with Crippen LogP contribution in [0.4, 0.5) is 8.78 Å². The van der Waals surface area contributed by atoms with Crippen molar-refractivity contribution in [3.05, 3.63) is 0 Å². The van der Waals surface area contributed by atoms with Gasteiger partial charge in [-0.15, -0.1) is 0 Å². The van der Waals surface area contributed by atoms with Crippen molar-refractivity contribution in [3.63, 3.8) is 0 Å². The highest BCUT2D eigenvalue weighted by molar-refractivity contribution is 7.72. The summed E-state index contributed by atoms with van der Waals surface area (Å²) in [4.78, 5) is 25.4. The minimum absolute atomic E-state index is 0.0782. The molecule has 7 nitrogen and oxygen atoms in total. The number of ether oxygens (including phenoxy) is 1. The molecule has 0 aromatic rings. The standard InChI is InChI=1S/C6H12F2O7P2/c1-5(4-14-5)2-3-15-17(12,13)6(7,8)16(9,10)11/h2-4H2,1H3,(H,12,13)(H2,9,10,11). The third-order valence-corrected chi connectivity index (χ3v) is 5.68. The lowest BCUT2D eigenvalue weighted by molar-refractivity contribution is 0.0893. The van der Waals surface area contributed by atoms with Gasteiger partial charge in [0.1, 0.15) is 0 Å². The fraction of sp³-hybridized carbons (Fsp3) is 1.00. The zero-order chi connectivity index (χ0) is 13.5. The highest BCUT2D eigenvalue weighted by Crippen LogP contribution is 2.73. The lowest BCUT2D eigenvalue weighted by Gasteiger charge is -2.22. The molecular weight excluding hydrogens is 284 g/mol. The van der Waals surface area contributed by atoms with E-state index in [2.05, 4.69) is 4.52 Å². The summed E-state index contributed by atoms with van der Waals surface area (Å²) in [5.74, 6) is 0. The van der Waals surface area contributed by atoms with Gasteiger partial charge in [-0.25, -0.2) is 0 Å². The molecule has 1 rings (SSSR count). The largest absolute Gasteiger partial charge is 0.443 e. The molecule has 1 fully saturated rings. The maximum Gasteiger partial charge on any atom is 0.443 e. The first-order valence-electron chi connectivity index (χ1n) is 4.46. The van der Waals surface area contributed by atoms with Gasteiger partial charge in [-0.3, -0.25) is 9.13 Å². The summed E-state index contributed by atoms with van der Waals surface area (Å²) in [6.07, 6.45) is 0.0782. The van der Waals surface area contributed by atoms with Crippen molar-refractivity contribution >= 4 is 15.2 Å². The number of hydrogen-bond donors (Lipinski definition) is 3. The molecule has 1 aliphatic heterocycles. The summed E-state index contributed by atoms with van der Waals surface area (Å²) in [6, 6.07) is 0. The average Bonchev–Trinajstić information content (AvgIpc) is 2.81. The molecular formula is C6H12F2O7P2. The zero-order valence-corrected chi connectivity index (χ0v) is 10.5. The second-order valence-electron chi connectivity index (χ2n) is 3.90. The molecule has 1 aliphatic rings. The van der Waals surface area contributed by atoms with Crippen LogP contribution >= 0.6 is 15.2 Å². The van der Waals surface area contributed by atoms with Gasteiger partial charge in [0.2, 0.25) is 0 Å². The van der Waals surface area contributed by atoms with E-state index in [1.807, 2.05) is 0 Å². The maximum atomic E-state index is 12.9. The summed E-state index contributed by atoms with van der Waals surface area (Å²) in [7, 11) is -11.8. The van der Waals surface area contributed by atoms with Crippen LogP contribution in [0.5, 0.6) is 0 Å². The Kier molecular flexibility index (Phi) is 3.88. The van der Waals surface area contributed by atoms with Crippen LogP contribution in [0.2, 0.25) is 0 Å². The molecule has 0 saturated carbocycles. The summed E-state index contributed by atoms with van der Waals surface area (Å²) >= 11 is 0. The van der Waals surface area contributed by atoms with Crippen LogP contribution in [0.1, 0.15) is 13.3 Å². The SMILES string of the molecule is CC1(CCOP(=O)(O)C(F)(F)P(=O)(O)O)CO1. The van der Waals surface area contributed by atoms with Gasteiger partial charge in [0.25, 0.3) is 0 Å². The monoisotopic (exact) mass is 296 g/mol. The molecule has 2 atom stereocenters. The molecule has 0 spiro atoms. The Morgan fingerprint density at radius 1 is 1.41 bits per heavy atom. The summed E-state index contributed by atoms with van der Waals surface area (Å²) in [5.41, 5.74) is -0.572. The highest BCUT2D eigenvalue weighted by Gasteiger charge is 2.65. The minimum Gasteiger partial charge on any atom is -0.370 e. The minimum atomic E-state index is -6.06. The fourth-order valence-corrected chi connectivity index (χ4v) is 2.88. The topological polar surface area (TPSA) is 117 Å². The quantitative estimate of drug-likeness (QED) is 0.496. The maximum absolute atomic E-state index is 12.9. The average molecular weight is 296 g/mol. The van der Waals surface area contributed by atoms with E-state index in [9.17, 15) is 17.9 Å². The van der Waals surface area contributed by atoms with Crippen molar-refractivity contribution in [2.45, 2.75) is 24.4 Å². The molecule has 0 bridgehead atoms. The Morgan fingerprint density at radius 3 is 2.24 bits per heavy atom. The first kappa shape index (κ1) is 15.2. The third-order valence-electron chi connectivity index (χ3n) is 2.22. The molecule has 0 aromatic carbocycles. The molecule has 3 N–H and O–H groups in total. The van der Waals surface area contributed by atoms with Gasteiger partial charge >= 0.3 is 20.6 Å². The van der Waals surface area contributed by atoms with Crippen molar-refractivity contribution in [3.8, 4) is 0 Å². The van der Waals surface area contributed by atoms with E-state index in [0.29, 0.717) is 6.61 Å². The number of rotatable bonds is 6. The first-order valence-corrected chi connectivity index (χ1v) is 7.65. The van der Waals surface area contributed by atoms with Crippen molar-refractivity contribution in [1.29, 1.82) is 0 Å². The first-order chi connectivity index (χ1) is 7.41. The van der Waals surface area contributed by atoms with Crippen LogP contribution in [0.3, 0.4) is 0 Å². The summed E-state index contributed by atoms with van der Waals surface area (Å²) in [6.45, 7) is 1.46. The zero-order valence-electron chi connectivity index (χ0n) is 8.75. The van der Waals surface area contributed by atoms with E-state index >= 15 is 0 Å². The Balaban J connectivity index is 2.61. The van der Waals surface area contributed by atoms with Crippen LogP contribution in [0.15, 0.2) is 0 Å². The van der Waals surface area contributed by atoms with Crippen LogP contribution in [0, 0.1) is 0 Å². The highest BCUT2D eigenvalue weighted by atomic mass is 31.2. The van der Waals surface area contributed by atoms with E-state index in [1.165, 1.54) is 0 Å². The Morgan fingerprint density at radius 2 is 1.88 bits per heavy atom. The number of hydrogen-bond acceptors (Lipinski definition) is 4. The van der Waals surface area contributed by atoms with Gasteiger partial charge in [0.05, 0.1) is 18.8 Å². The van der Waals surface area contributed by atoms with E-state index < -0.39 is 32.8 Å². The molecule has 17 heavy (non-hydrogen) atoms. The summed E-state index contributed by atoms with van der Waals surface area (Å²) < 4.78 is 56.1. The summed E-state index contributed by atoms with van der Waals surface area (Å²) in [5, 5.41) is -5.11. The molecule has 1 heterocycles. The second kappa shape index (κ2) is 4.35. The van der Waals surface area contributed by atoms with Gasteiger partial charge in [0.15, 0.2) is 0 Å². The number of epoxide rings is 1. The molecule has 11 heteroatoms. The molecule has 0 amide bonds. The van der Waals surface area contributed by atoms with Gasteiger partial charge < -0.3 is 23.9 Å². The van der Waals surface area contributed by atoms with Gasteiger partial charge in [-0.2, -0.15) is 8.78 Å². The second-order valence-corrected chi connectivity index (χ2v) is 7.76. The van der Waals surface area contributed by atoms with Gasteiger partial charge in [0, 0.05) is 6.42 Å². The van der Waals surface area contributed by atoms with Crippen molar-refractivity contribution < 1.29 is 41.9 Å². The normalized spacial score (nSPS) is 28.8. The van der Waals surface area contributed by atoms with Crippen LogP contribution < -0.4 is 0 Å². The van der Waals surface area contributed by atoms with Crippen LogP contribution in [0.25, 0.3) is 0 Å². The molecule has 2 unspecified atom stereocenters. The number of alkyl halides is 2. The molecule has 0 aliphatic carbocycles. The van der Waals surface area contributed by atoms with Gasteiger partial charge in [-0.05, 0) is 6.92 Å². The Labute approximate surface area is 95.4 Å². The molecule has 0 radical (unpaired) electrons. The third kappa shape index (κ3) is 3.32. The fourth-order valence-electron chi connectivity index (χ4n) is 0.895. The lowest BCUT2D eigenvalue weighted by Crippen LogP contribution is -2.19. The molecule has 0 aromatic heterocycles.